The number of ketones is 1. The van der Waals surface area contributed by atoms with E-state index >= 15 is 0 Å². The zero-order valence-corrected chi connectivity index (χ0v) is 17.1. The summed E-state index contributed by atoms with van der Waals surface area (Å²) in [6.07, 6.45) is 6.81. The van der Waals surface area contributed by atoms with Crippen LogP contribution in [0.3, 0.4) is 0 Å². The third-order valence-corrected chi connectivity index (χ3v) is 6.02. The maximum absolute atomic E-state index is 12.0. The predicted octanol–water partition coefficient (Wildman–Crippen LogP) is 4.13. The lowest BCUT2D eigenvalue weighted by Crippen LogP contribution is -2.33. The van der Waals surface area contributed by atoms with E-state index in [1.54, 1.807) is 25.4 Å². The van der Waals surface area contributed by atoms with Gasteiger partial charge < -0.3 is 15.0 Å². The SMILES string of the molecule is CC(=O)c1ccc(-c2cc(Cl)c3c(c2)CC(CNC(=O)C=Cc2ncc[nH]2)O3)s1. The van der Waals surface area contributed by atoms with Gasteiger partial charge >= 0.3 is 0 Å². The number of carbonyl (C=O) groups excluding carboxylic acids is 2. The van der Waals surface area contributed by atoms with E-state index in [-0.39, 0.29) is 17.8 Å². The van der Waals surface area contributed by atoms with Crippen LogP contribution in [0.25, 0.3) is 16.5 Å². The number of thiophene rings is 1. The Morgan fingerprint density at radius 3 is 3.00 bits per heavy atom. The Hall–Kier alpha value is -2.90. The quantitative estimate of drug-likeness (QED) is 0.457. The van der Waals surface area contributed by atoms with E-state index in [1.165, 1.54) is 17.4 Å². The number of benzene rings is 1. The molecule has 6 nitrogen and oxygen atoms in total. The molecule has 1 amide bonds. The molecule has 1 atom stereocenters. The van der Waals surface area contributed by atoms with E-state index < -0.39 is 0 Å². The fourth-order valence-corrected chi connectivity index (χ4v) is 4.29. The van der Waals surface area contributed by atoms with Crippen molar-refractivity contribution in [2.75, 3.05) is 6.54 Å². The number of hydrogen-bond donors (Lipinski definition) is 2. The Bertz CT molecular complexity index is 1090. The fourth-order valence-electron chi connectivity index (χ4n) is 3.12. The van der Waals surface area contributed by atoms with Crippen LogP contribution < -0.4 is 10.1 Å². The lowest BCUT2D eigenvalue weighted by Gasteiger charge is -2.11. The Balaban J connectivity index is 1.40. The molecule has 29 heavy (non-hydrogen) atoms. The van der Waals surface area contributed by atoms with Crippen LogP contribution >= 0.6 is 22.9 Å². The van der Waals surface area contributed by atoms with Gasteiger partial charge in [0.25, 0.3) is 0 Å². The summed E-state index contributed by atoms with van der Waals surface area (Å²) >= 11 is 7.88. The molecule has 148 valence electrons. The molecule has 0 saturated heterocycles. The molecule has 0 bridgehead atoms. The van der Waals surface area contributed by atoms with Gasteiger partial charge in [-0.2, -0.15) is 0 Å². The minimum Gasteiger partial charge on any atom is -0.486 e. The summed E-state index contributed by atoms with van der Waals surface area (Å²) in [5.74, 6) is 1.10. The lowest BCUT2D eigenvalue weighted by atomic mass is 10.1. The van der Waals surface area contributed by atoms with Crippen LogP contribution in [-0.2, 0) is 11.2 Å². The van der Waals surface area contributed by atoms with Crippen molar-refractivity contribution in [2.45, 2.75) is 19.4 Å². The second-order valence-corrected chi connectivity index (χ2v) is 8.15. The van der Waals surface area contributed by atoms with Crippen LogP contribution in [0.15, 0.2) is 42.7 Å². The minimum atomic E-state index is -0.219. The monoisotopic (exact) mass is 427 g/mol. The summed E-state index contributed by atoms with van der Waals surface area (Å²) in [5, 5.41) is 3.36. The van der Waals surface area contributed by atoms with Gasteiger partial charge in [-0.05, 0) is 42.8 Å². The third-order valence-electron chi connectivity index (χ3n) is 4.51. The van der Waals surface area contributed by atoms with Crippen LogP contribution in [0, 0.1) is 0 Å². The number of aromatic amines is 1. The van der Waals surface area contributed by atoms with Gasteiger partial charge in [0, 0.05) is 35.3 Å². The van der Waals surface area contributed by atoms with Crippen molar-refractivity contribution >= 4 is 40.7 Å². The maximum Gasteiger partial charge on any atom is 0.244 e. The van der Waals surface area contributed by atoms with Gasteiger partial charge in [0.2, 0.25) is 5.91 Å². The number of fused-ring (bicyclic) bond motifs is 1. The highest BCUT2D eigenvalue weighted by Crippen LogP contribution is 2.41. The summed E-state index contributed by atoms with van der Waals surface area (Å²) in [4.78, 5) is 32.2. The Kier molecular flexibility index (Phi) is 5.51. The van der Waals surface area contributed by atoms with Crippen LogP contribution in [0.4, 0.5) is 0 Å². The third kappa shape index (κ3) is 4.41. The number of amides is 1. The van der Waals surface area contributed by atoms with E-state index in [4.69, 9.17) is 16.3 Å². The maximum atomic E-state index is 12.0. The predicted molar refractivity (Wildman–Crippen MR) is 114 cm³/mol. The van der Waals surface area contributed by atoms with E-state index in [0.717, 1.165) is 20.9 Å². The van der Waals surface area contributed by atoms with Crippen molar-refractivity contribution in [3.05, 3.63) is 64.0 Å². The second-order valence-electron chi connectivity index (χ2n) is 6.66. The number of rotatable bonds is 6. The van der Waals surface area contributed by atoms with Crippen LogP contribution in [0.5, 0.6) is 5.75 Å². The van der Waals surface area contributed by atoms with Crippen molar-refractivity contribution in [3.8, 4) is 16.2 Å². The van der Waals surface area contributed by atoms with Gasteiger partial charge in [-0.15, -0.1) is 11.3 Å². The number of halogens is 1. The molecule has 0 radical (unpaired) electrons. The zero-order valence-electron chi connectivity index (χ0n) is 15.6. The molecule has 2 N–H and O–H groups in total. The minimum absolute atomic E-state index is 0.0498. The number of imidazole rings is 1. The second kappa shape index (κ2) is 8.23. The molecule has 4 rings (SSSR count). The smallest absolute Gasteiger partial charge is 0.244 e. The highest BCUT2D eigenvalue weighted by molar-refractivity contribution is 7.17. The molecule has 1 aliphatic heterocycles. The van der Waals surface area contributed by atoms with Gasteiger partial charge in [0.05, 0.1) is 16.4 Å². The molecule has 0 aliphatic carbocycles. The molecule has 0 saturated carbocycles. The van der Waals surface area contributed by atoms with Gasteiger partial charge in [-0.1, -0.05) is 11.6 Å². The highest BCUT2D eigenvalue weighted by Gasteiger charge is 2.26. The molecular weight excluding hydrogens is 410 g/mol. The number of nitrogens with zero attached hydrogens (tertiary/aromatic N) is 1. The number of nitrogens with one attached hydrogen (secondary N) is 2. The largest absolute Gasteiger partial charge is 0.486 e. The van der Waals surface area contributed by atoms with Gasteiger partial charge in [0.1, 0.15) is 17.7 Å². The van der Waals surface area contributed by atoms with Crippen molar-refractivity contribution in [1.29, 1.82) is 0 Å². The summed E-state index contributed by atoms with van der Waals surface area (Å²) in [6, 6.07) is 7.64. The topological polar surface area (TPSA) is 84.1 Å². The first kappa shape index (κ1) is 19.4. The molecule has 3 heterocycles. The van der Waals surface area contributed by atoms with E-state index in [2.05, 4.69) is 15.3 Å². The summed E-state index contributed by atoms with van der Waals surface area (Å²) in [6.45, 7) is 1.93. The summed E-state index contributed by atoms with van der Waals surface area (Å²) < 4.78 is 5.93. The van der Waals surface area contributed by atoms with Crippen molar-refractivity contribution in [2.24, 2.45) is 0 Å². The fraction of sp³-hybridized carbons (Fsp3) is 0.190. The van der Waals surface area contributed by atoms with E-state index in [1.807, 2.05) is 24.3 Å². The van der Waals surface area contributed by atoms with Crippen LogP contribution in [0.2, 0.25) is 5.02 Å². The average Bonchev–Trinajstić information content (AvgIpc) is 3.44. The van der Waals surface area contributed by atoms with Crippen LogP contribution in [0.1, 0.15) is 28.0 Å². The lowest BCUT2D eigenvalue weighted by molar-refractivity contribution is -0.116. The molecule has 0 fully saturated rings. The highest BCUT2D eigenvalue weighted by atomic mass is 35.5. The van der Waals surface area contributed by atoms with Gasteiger partial charge in [0.15, 0.2) is 5.78 Å². The first-order valence-electron chi connectivity index (χ1n) is 9.05. The normalized spacial score (nSPS) is 15.3. The molecule has 1 aliphatic rings. The van der Waals surface area contributed by atoms with Crippen molar-refractivity contribution in [3.63, 3.8) is 0 Å². The average molecular weight is 428 g/mol. The van der Waals surface area contributed by atoms with Crippen molar-refractivity contribution < 1.29 is 14.3 Å². The number of aromatic nitrogens is 2. The zero-order chi connectivity index (χ0) is 20.4. The molecule has 1 aromatic carbocycles. The van der Waals surface area contributed by atoms with E-state index in [0.29, 0.717) is 29.6 Å². The first-order chi connectivity index (χ1) is 14.0. The number of hydrogen-bond acceptors (Lipinski definition) is 5. The number of ether oxygens (including phenoxy) is 1. The molecule has 2 aromatic heterocycles. The standard InChI is InChI=1S/C21H18ClN3O3S/c1-12(26)17-2-3-18(29-17)13-8-14-9-15(28-21(14)16(22)10-13)11-25-20(27)5-4-19-23-6-7-24-19/h2-8,10,15H,9,11H2,1H3,(H,23,24)(H,25,27). The molecule has 1 unspecified atom stereocenters. The van der Waals surface area contributed by atoms with E-state index in [9.17, 15) is 9.59 Å². The van der Waals surface area contributed by atoms with Crippen LogP contribution in [-0.4, -0.2) is 34.3 Å². The summed E-state index contributed by atoms with van der Waals surface area (Å²) in [7, 11) is 0. The number of carbonyl (C=O) groups is 2. The molecule has 3 aromatic rings. The molecule has 8 heteroatoms. The summed E-state index contributed by atoms with van der Waals surface area (Å²) in [5.41, 5.74) is 1.96. The Labute approximate surface area is 176 Å². The van der Waals surface area contributed by atoms with Gasteiger partial charge in [-0.3, -0.25) is 9.59 Å². The molecule has 0 spiro atoms. The number of H-pyrrole nitrogens is 1. The first-order valence-corrected chi connectivity index (χ1v) is 10.2. The Morgan fingerprint density at radius 1 is 1.41 bits per heavy atom. The van der Waals surface area contributed by atoms with Crippen molar-refractivity contribution in [1.82, 2.24) is 15.3 Å². The molecular formula is C21H18ClN3O3S. The Morgan fingerprint density at radius 2 is 2.28 bits per heavy atom. The van der Waals surface area contributed by atoms with Gasteiger partial charge in [-0.25, -0.2) is 4.98 Å². The number of Topliss-reactive ketones (excluding diaryl/α,β-unsaturated/α-hetero) is 1.